The van der Waals surface area contributed by atoms with Crippen LogP contribution in [-0.2, 0) is 11.3 Å². The highest BCUT2D eigenvalue weighted by Crippen LogP contribution is 2.27. The van der Waals surface area contributed by atoms with Crippen LogP contribution < -0.4 is 11.1 Å². The van der Waals surface area contributed by atoms with E-state index in [2.05, 4.69) is 10.3 Å². The van der Waals surface area contributed by atoms with Gasteiger partial charge < -0.3 is 11.1 Å². The lowest BCUT2D eigenvalue weighted by atomic mass is 10.1. The minimum absolute atomic E-state index is 0.0163. The summed E-state index contributed by atoms with van der Waals surface area (Å²) in [6.45, 7) is 0.723. The van der Waals surface area contributed by atoms with Crippen molar-refractivity contribution in [2.45, 2.75) is 31.8 Å². The van der Waals surface area contributed by atoms with Gasteiger partial charge in [0.15, 0.2) is 0 Å². The van der Waals surface area contributed by atoms with Crippen molar-refractivity contribution in [1.29, 1.82) is 0 Å². The molecule has 21 heavy (non-hydrogen) atoms. The van der Waals surface area contributed by atoms with E-state index in [1.807, 2.05) is 24.3 Å². The normalized spacial score (nSPS) is 21.8. The molecule has 1 heterocycles. The molecule has 3 rings (SSSR count). The van der Waals surface area contributed by atoms with Gasteiger partial charge in [-0.3, -0.25) is 9.78 Å². The van der Waals surface area contributed by atoms with Crippen LogP contribution >= 0.6 is 11.6 Å². The van der Waals surface area contributed by atoms with Gasteiger partial charge in [-0.05, 0) is 43.0 Å². The number of fused-ring (bicyclic) bond motifs is 1. The Bertz CT molecular complexity index is 674. The second kappa shape index (κ2) is 6.00. The number of aromatic nitrogens is 1. The number of pyridine rings is 1. The summed E-state index contributed by atoms with van der Waals surface area (Å²) in [6.07, 6.45) is 4.48. The lowest BCUT2D eigenvalue weighted by molar-refractivity contribution is -0.121. The van der Waals surface area contributed by atoms with Gasteiger partial charge in [0.25, 0.3) is 0 Å². The number of benzene rings is 1. The van der Waals surface area contributed by atoms with E-state index >= 15 is 0 Å². The van der Waals surface area contributed by atoms with E-state index in [0.717, 1.165) is 47.3 Å². The van der Waals surface area contributed by atoms with Gasteiger partial charge in [0.2, 0.25) is 5.91 Å². The van der Waals surface area contributed by atoms with Gasteiger partial charge in [-0.15, -0.1) is 0 Å². The fraction of sp³-hybridized carbons (Fsp3) is 0.375. The zero-order chi connectivity index (χ0) is 14.8. The summed E-state index contributed by atoms with van der Waals surface area (Å²) < 4.78 is 0. The van der Waals surface area contributed by atoms with Gasteiger partial charge in [0.1, 0.15) is 0 Å². The van der Waals surface area contributed by atoms with Gasteiger partial charge in [-0.2, -0.15) is 0 Å². The van der Waals surface area contributed by atoms with E-state index < -0.39 is 0 Å². The molecule has 0 bridgehead atoms. The van der Waals surface area contributed by atoms with Gasteiger partial charge in [0.05, 0.1) is 5.52 Å². The number of amides is 1. The van der Waals surface area contributed by atoms with Crippen molar-refractivity contribution in [3.8, 4) is 0 Å². The quantitative estimate of drug-likeness (QED) is 0.912. The summed E-state index contributed by atoms with van der Waals surface area (Å²) >= 11 is 6.20. The monoisotopic (exact) mass is 303 g/mol. The van der Waals surface area contributed by atoms with Crippen molar-refractivity contribution in [3.63, 3.8) is 0 Å². The molecule has 1 aromatic carbocycles. The number of rotatable bonds is 4. The number of nitrogens with one attached hydrogen (secondary N) is 1. The summed E-state index contributed by atoms with van der Waals surface area (Å²) in [4.78, 5) is 15.6. The summed E-state index contributed by atoms with van der Waals surface area (Å²) in [5.74, 6) is -0.166. The molecule has 3 N–H and O–H groups in total. The molecular formula is C16H18ClN3O. The number of primary amides is 1. The average Bonchev–Trinajstić information content (AvgIpc) is 2.96. The fourth-order valence-corrected chi connectivity index (χ4v) is 3.23. The molecule has 0 unspecified atom stereocenters. The molecule has 2 aromatic rings. The van der Waals surface area contributed by atoms with Crippen molar-refractivity contribution < 1.29 is 4.79 Å². The first-order valence-corrected chi connectivity index (χ1v) is 7.58. The molecule has 5 heteroatoms. The topological polar surface area (TPSA) is 68.0 Å². The van der Waals surface area contributed by atoms with E-state index in [4.69, 9.17) is 17.3 Å². The molecule has 1 amide bonds. The first-order valence-electron chi connectivity index (χ1n) is 7.20. The van der Waals surface area contributed by atoms with Crippen molar-refractivity contribution in [2.24, 2.45) is 11.7 Å². The molecule has 0 spiro atoms. The standard InChI is InChI=1S/C16H18ClN3O/c17-14-6-4-11(15-13(14)2-1-7-19-15)9-20-12-5-3-10(8-12)16(18)21/h1-2,4,6-7,10,12,20H,3,5,8-9H2,(H2,18,21)/t10-,12+/m1/s1. The van der Waals surface area contributed by atoms with Crippen LogP contribution in [0.5, 0.6) is 0 Å². The highest BCUT2D eigenvalue weighted by molar-refractivity contribution is 6.35. The molecule has 4 nitrogen and oxygen atoms in total. The molecule has 1 fully saturated rings. The van der Waals surface area contributed by atoms with Crippen LogP contribution in [0.3, 0.4) is 0 Å². The van der Waals surface area contributed by atoms with Gasteiger partial charge in [-0.1, -0.05) is 17.7 Å². The van der Waals surface area contributed by atoms with E-state index in [1.54, 1.807) is 6.20 Å². The second-order valence-electron chi connectivity index (χ2n) is 5.60. The molecule has 1 aliphatic carbocycles. The van der Waals surface area contributed by atoms with Crippen molar-refractivity contribution in [2.75, 3.05) is 0 Å². The highest BCUT2D eigenvalue weighted by atomic mass is 35.5. The molecule has 0 saturated heterocycles. The van der Waals surface area contributed by atoms with Gasteiger partial charge in [-0.25, -0.2) is 0 Å². The lowest BCUT2D eigenvalue weighted by Crippen LogP contribution is -2.28. The highest BCUT2D eigenvalue weighted by Gasteiger charge is 2.27. The number of hydrogen-bond donors (Lipinski definition) is 2. The third kappa shape index (κ3) is 3.01. The molecular weight excluding hydrogens is 286 g/mol. The molecule has 2 atom stereocenters. The average molecular weight is 304 g/mol. The second-order valence-corrected chi connectivity index (χ2v) is 6.00. The lowest BCUT2D eigenvalue weighted by Gasteiger charge is -2.14. The molecule has 0 aliphatic heterocycles. The Morgan fingerprint density at radius 2 is 2.24 bits per heavy atom. The summed E-state index contributed by atoms with van der Waals surface area (Å²) in [5.41, 5.74) is 7.42. The molecule has 1 aliphatic rings. The Labute approximate surface area is 128 Å². The Morgan fingerprint density at radius 1 is 1.38 bits per heavy atom. The predicted molar refractivity (Wildman–Crippen MR) is 83.9 cm³/mol. The minimum atomic E-state index is -0.182. The molecule has 1 aromatic heterocycles. The van der Waals surface area contributed by atoms with Crippen molar-refractivity contribution >= 4 is 28.4 Å². The van der Waals surface area contributed by atoms with Crippen LogP contribution in [-0.4, -0.2) is 16.9 Å². The first-order chi connectivity index (χ1) is 10.1. The van der Waals surface area contributed by atoms with E-state index in [0.29, 0.717) is 6.04 Å². The Hall–Kier alpha value is -1.65. The van der Waals surface area contributed by atoms with Crippen LogP contribution in [0.25, 0.3) is 10.9 Å². The number of nitrogens with zero attached hydrogens (tertiary/aromatic N) is 1. The van der Waals surface area contributed by atoms with Crippen LogP contribution in [0, 0.1) is 5.92 Å². The van der Waals surface area contributed by atoms with E-state index in [1.165, 1.54) is 0 Å². The number of carbonyl (C=O) groups excluding carboxylic acids is 1. The van der Waals surface area contributed by atoms with Crippen LogP contribution in [0.15, 0.2) is 30.5 Å². The number of carbonyl (C=O) groups is 1. The SMILES string of the molecule is NC(=O)[C@@H]1CC[C@H](NCc2ccc(Cl)c3cccnc23)C1. The van der Waals surface area contributed by atoms with E-state index in [-0.39, 0.29) is 11.8 Å². The minimum Gasteiger partial charge on any atom is -0.369 e. The third-order valence-electron chi connectivity index (χ3n) is 4.22. The first kappa shape index (κ1) is 14.3. The van der Waals surface area contributed by atoms with Crippen LogP contribution in [0.4, 0.5) is 0 Å². The largest absolute Gasteiger partial charge is 0.369 e. The maximum atomic E-state index is 11.2. The van der Waals surface area contributed by atoms with Crippen molar-refractivity contribution in [3.05, 3.63) is 41.0 Å². The Morgan fingerprint density at radius 3 is 3.00 bits per heavy atom. The van der Waals surface area contributed by atoms with Crippen LogP contribution in [0.2, 0.25) is 5.02 Å². The predicted octanol–water partition coefficient (Wildman–Crippen LogP) is 2.63. The maximum absolute atomic E-state index is 11.2. The zero-order valence-corrected chi connectivity index (χ0v) is 12.4. The van der Waals surface area contributed by atoms with Crippen molar-refractivity contribution in [1.82, 2.24) is 10.3 Å². The summed E-state index contributed by atoms with van der Waals surface area (Å²) in [5, 5.41) is 5.19. The van der Waals surface area contributed by atoms with Gasteiger partial charge in [0, 0.05) is 35.1 Å². The number of hydrogen-bond acceptors (Lipinski definition) is 3. The fourth-order valence-electron chi connectivity index (χ4n) is 3.02. The van der Waals surface area contributed by atoms with E-state index in [9.17, 15) is 4.79 Å². The number of nitrogens with two attached hydrogens (primary N) is 1. The smallest absolute Gasteiger partial charge is 0.220 e. The zero-order valence-electron chi connectivity index (χ0n) is 11.7. The molecule has 110 valence electrons. The van der Waals surface area contributed by atoms with Gasteiger partial charge >= 0.3 is 0 Å². The Kier molecular flexibility index (Phi) is 4.08. The Balaban J connectivity index is 1.72. The maximum Gasteiger partial charge on any atom is 0.220 e. The summed E-state index contributed by atoms with van der Waals surface area (Å²) in [6, 6.07) is 8.12. The number of halogens is 1. The third-order valence-corrected chi connectivity index (χ3v) is 4.55. The van der Waals surface area contributed by atoms with Crippen LogP contribution in [0.1, 0.15) is 24.8 Å². The molecule has 1 saturated carbocycles. The molecule has 0 radical (unpaired) electrons. The summed E-state index contributed by atoms with van der Waals surface area (Å²) in [7, 11) is 0.